The zero-order valence-corrected chi connectivity index (χ0v) is 22.1. The Morgan fingerprint density at radius 1 is 0.972 bits per heavy atom. The molecule has 2 atom stereocenters. The molecular weight excluding hydrogens is 493 g/mol. The van der Waals surface area contributed by atoms with Crippen molar-refractivity contribution in [1.82, 2.24) is 4.90 Å². The van der Waals surface area contributed by atoms with E-state index in [2.05, 4.69) is 4.90 Å². The van der Waals surface area contributed by atoms with Gasteiger partial charge in [-0.25, -0.2) is 0 Å². The third-order valence-electron chi connectivity index (χ3n) is 7.16. The van der Waals surface area contributed by atoms with Gasteiger partial charge in [0.15, 0.2) is 5.78 Å². The van der Waals surface area contributed by atoms with Crippen molar-refractivity contribution < 1.29 is 14.6 Å². The highest BCUT2D eigenvalue weighted by Crippen LogP contribution is 2.34. The molecular formula is C30H33Cl2NO3. The SMILES string of the molecule is CC(OCc1ccccc1)C(=O)C(CCN1CCC(O)(c2ccccc2)CC1)c1ccc(Cl)c(Cl)c1. The van der Waals surface area contributed by atoms with Gasteiger partial charge in [-0.15, -0.1) is 0 Å². The summed E-state index contributed by atoms with van der Waals surface area (Å²) in [6.45, 7) is 4.48. The number of nitrogens with zero attached hydrogens (tertiary/aromatic N) is 1. The first-order chi connectivity index (χ1) is 17.4. The van der Waals surface area contributed by atoms with Gasteiger partial charge in [-0.3, -0.25) is 4.79 Å². The van der Waals surface area contributed by atoms with Crippen LogP contribution in [0.5, 0.6) is 0 Å². The van der Waals surface area contributed by atoms with Gasteiger partial charge in [-0.1, -0.05) is 89.9 Å². The third kappa shape index (κ3) is 6.76. The van der Waals surface area contributed by atoms with Crippen LogP contribution in [0.3, 0.4) is 0 Å². The van der Waals surface area contributed by atoms with E-state index in [1.165, 1.54) is 0 Å². The molecule has 1 N–H and O–H groups in total. The smallest absolute Gasteiger partial charge is 0.168 e. The van der Waals surface area contributed by atoms with Crippen molar-refractivity contribution in [2.75, 3.05) is 19.6 Å². The number of halogens is 2. The second kappa shape index (κ2) is 12.4. The molecule has 36 heavy (non-hydrogen) atoms. The summed E-state index contributed by atoms with van der Waals surface area (Å²) in [5.41, 5.74) is 2.05. The monoisotopic (exact) mass is 525 g/mol. The van der Waals surface area contributed by atoms with Gasteiger partial charge in [0.25, 0.3) is 0 Å². The minimum absolute atomic E-state index is 0.0297. The number of carbonyl (C=O) groups is 1. The zero-order chi connectivity index (χ0) is 25.5. The van der Waals surface area contributed by atoms with E-state index >= 15 is 0 Å². The first-order valence-corrected chi connectivity index (χ1v) is 13.3. The van der Waals surface area contributed by atoms with Gasteiger partial charge in [0.05, 0.1) is 22.3 Å². The molecule has 0 aliphatic carbocycles. The predicted molar refractivity (Wildman–Crippen MR) is 146 cm³/mol. The number of benzene rings is 3. The first kappa shape index (κ1) is 26.8. The summed E-state index contributed by atoms with van der Waals surface area (Å²) in [5, 5.41) is 12.1. The zero-order valence-electron chi connectivity index (χ0n) is 20.6. The number of likely N-dealkylation sites (tertiary alicyclic amines) is 1. The van der Waals surface area contributed by atoms with E-state index < -0.39 is 11.7 Å². The molecule has 6 heteroatoms. The highest BCUT2D eigenvalue weighted by atomic mass is 35.5. The number of Topliss-reactive ketones (excluding diaryl/α,β-unsaturated/α-hetero) is 1. The lowest BCUT2D eigenvalue weighted by molar-refractivity contribution is -0.132. The number of ether oxygens (including phenoxy) is 1. The molecule has 4 rings (SSSR count). The summed E-state index contributed by atoms with van der Waals surface area (Å²) in [6.07, 6.45) is 1.41. The number of piperidine rings is 1. The van der Waals surface area contributed by atoms with Gasteiger partial charge in [0.2, 0.25) is 0 Å². The van der Waals surface area contributed by atoms with Crippen LogP contribution in [0.25, 0.3) is 0 Å². The van der Waals surface area contributed by atoms with Crippen molar-refractivity contribution >= 4 is 29.0 Å². The fourth-order valence-electron chi connectivity index (χ4n) is 4.86. The summed E-state index contributed by atoms with van der Waals surface area (Å²) in [6, 6.07) is 25.1. The maximum absolute atomic E-state index is 13.6. The number of hydrogen-bond donors (Lipinski definition) is 1. The normalized spacial score (nSPS) is 17.4. The summed E-state index contributed by atoms with van der Waals surface area (Å²) < 4.78 is 5.96. The molecule has 0 amide bonds. The van der Waals surface area contributed by atoms with E-state index in [1.54, 1.807) is 12.1 Å². The molecule has 4 nitrogen and oxygen atoms in total. The second-order valence-electron chi connectivity index (χ2n) is 9.60. The number of hydrogen-bond acceptors (Lipinski definition) is 4. The van der Waals surface area contributed by atoms with Crippen molar-refractivity contribution in [3.05, 3.63) is 106 Å². The predicted octanol–water partition coefficient (Wildman–Crippen LogP) is 6.63. The molecule has 1 saturated heterocycles. The Morgan fingerprint density at radius 2 is 1.61 bits per heavy atom. The van der Waals surface area contributed by atoms with E-state index in [9.17, 15) is 9.90 Å². The highest BCUT2D eigenvalue weighted by Gasteiger charge is 2.34. The lowest BCUT2D eigenvalue weighted by Gasteiger charge is -2.39. The fourth-order valence-corrected chi connectivity index (χ4v) is 5.17. The first-order valence-electron chi connectivity index (χ1n) is 12.5. The van der Waals surface area contributed by atoms with E-state index in [0.717, 1.165) is 36.3 Å². The van der Waals surface area contributed by atoms with Crippen LogP contribution >= 0.6 is 23.2 Å². The highest BCUT2D eigenvalue weighted by molar-refractivity contribution is 6.42. The average Bonchev–Trinajstić information content (AvgIpc) is 2.91. The molecule has 1 fully saturated rings. The molecule has 3 aromatic carbocycles. The van der Waals surface area contributed by atoms with Gasteiger partial charge in [0.1, 0.15) is 6.10 Å². The molecule has 0 bridgehead atoms. The standard InChI is InChI=1S/C30H33Cl2NO3/c1-22(36-21-23-8-4-2-5-9-23)29(34)26(24-12-13-27(31)28(32)20-24)14-17-33-18-15-30(35,16-19-33)25-10-6-3-7-11-25/h2-13,20,22,26,35H,14-19,21H2,1H3. The van der Waals surface area contributed by atoms with Gasteiger partial charge in [-0.05, 0) is 61.6 Å². The molecule has 2 unspecified atom stereocenters. The molecule has 1 aliphatic heterocycles. The Morgan fingerprint density at radius 3 is 2.25 bits per heavy atom. The quantitative estimate of drug-likeness (QED) is 0.322. The Kier molecular flexibility index (Phi) is 9.21. The van der Waals surface area contributed by atoms with Crippen LogP contribution < -0.4 is 0 Å². The Bertz CT molecular complexity index is 1130. The van der Waals surface area contributed by atoms with Crippen LogP contribution in [0.1, 0.15) is 48.8 Å². The molecule has 1 heterocycles. The number of rotatable bonds is 10. The van der Waals surface area contributed by atoms with E-state index in [-0.39, 0.29) is 11.7 Å². The van der Waals surface area contributed by atoms with Crippen molar-refractivity contribution in [1.29, 1.82) is 0 Å². The number of carbonyl (C=O) groups excluding carboxylic acids is 1. The molecule has 3 aromatic rings. The topological polar surface area (TPSA) is 49.8 Å². The molecule has 0 spiro atoms. The van der Waals surface area contributed by atoms with Crippen molar-refractivity contribution in [3.63, 3.8) is 0 Å². The average molecular weight is 527 g/mol. The molecule has 0 radical (unpaired) electrons. The van der Waals surface area contributed by atoms with Crippen molar-refractivity contribution in [2.45, 2.75) is 50.4 Å². The van der Waals surface area contributed by atoms with Crippen LogP contribution in [0.2, 0.25) is 10.0 Å². The van der Waals surface area contributed by atoms with E-state index in [0.29, 0.717) is 35.9 Å². The third-order valence-corrected chi connectivity index (χ3v) is 7.90. The fraction of sp³-hybridized carbons (Fsp3) is 0.367. The van der Waals surface area contributed by atoms with E-state index in [1.807, 2.05) is 73.7 Å². The molecule has 0 aromatic heterocycles. The summed E-state index contributed by atoms with van der Waals surface area (Å²) >= 11 is 12.5. The van der Waals surface area contributed by atoms with E-state index in [4.69, 9.17) is 27.9 Å². The van der Waals surface area contributed by atoms with Gasteiger partial charge < -0.3 is 14.7 Å². The largest absolute Gasteiger partial charge is 0.385 e. The summed E-state index contributed by atoms with van der Waals surface area (Å²) in [4.78, 5) is 15.9. The Balaban J connectivity index is 1.41. The Labute approximate surface area is 223 Å². The van der Waals surface area contributed by atoms with Crippen LogP contribution in [0.15, 0.2) is 78.9 Å². The summed E-state index contributed by atoms with van der Waals surface area (Å²) in [7, 11) is 0. The lowest BCUT2D eigenvalue weighted by Crippen LogP contribution is -2.43. The summed E-state index contributed by atoms with van der Waals surface area (Å²) in [5.74, 6) is -0.331. The van der Waals surface area contributed by atoms with Crippen molar-refractivity contribution in [3.8, 4) is 0 Å². The lowest BCUT2D eigenvalue weighted by atomic mass is 9.84. The molecule has 1 aliphatic rings. The second-order valence-corrected chi connectivity index (χ2v) is 10.4. The van der Waals surface area contributed by atoms with Gasteiger partial charge in [0, 0.05) is 19.0 Å². The van der Waals surface area contributed by atoms with Crippen LogP contribution in [-0.2, 0) is 21.7 Å². The number of ketones is 1. The Hall–Kier alpha value is -2.21. The minimum atomic E-state index is -0.795. The van der Waals surface area contributed by atoms with Crippen molar-refractivity contribution in [2.24, 2.45) is 0 Å². The maximum atomic E-state index is 13.6. The molecule has 0 saturated carbocycles. The maximum Gasteiger partial charge on any atom is 0.168 e. The minimum Gasteiger partial charge on any atom is -0.385 e. The number of aliphatic hydroxyl groups is 1. The van der Waals surface area contributed by atoms with Crippen LogP contribution in [-0.4, -0.2) is 41.5 Å². The molecule has 190 valence electrons. The van der Waals surface area contributed by atoms with Crippen LogP contribution in [0, 0.1) is 0 Å². The van der Waals surface area contributed by atoms with Crippen LogP contribution in [0.4, 0.5) is 0 Å². The van der Waals surface area contributed by atoms with Gasteiger partial charge in [-0.2, -0.15) is 0 Å². The van der Waals surface area contributed by atoms with Gasteiger partial charge >= 0.3 is 0 Å².